The minimum atomic E-state index is -0.407. The van der Waals surface area contributed by atoms with Gasteiger partial charge in [0.1, 0.15) is 11.5 Å². The summed E-state index contributed by atoms with van der Waals surface area (Å²) < 4.78 is 0. The Hall–Kier alpha value is -1.85. The average Bonchev–Trinajstić information content (AvgIpc) is 3.28. The van der Waals surface area contributed by atoms with Crippen LogP contribution in [0.2, 0.25) is 10.0 Å². The molecule has 3 rings (SSSR count). The van der Waals surface area contributed by atoms with Crippen molar-refractivity contribution in [2.75, 3.05) is 10.6 Å². The van der Waals surface area contributed by atoms with Gasteiger partial charge in [-0.25, -0.2) is 9.97 Å². The average molecular weight is 323 g/mol. The second-order valence-electron chi connectivity index (χ2n) is 4.76. The van der Waals surface area contributed by atoms with E-state index >= 15 is 0 Å². The van der Waals surface area contributed by atoms with E-state index in [9.17, 15) is 4.79 Å². The molecule has 0 spiro atoms. The van der Waals surface area contributed by atoms with Crippen LogP contribution in [0, 0.1) is 0 Å². The van der Waals surface area contributed by atoms with E-state index in [4.69, 9.17) is 23.2 Å². The van der Waals surface area contributed by atoms with E-state index in [2.05, 4.69) is 20.6 Å². The van der Waals surface area contributed by atoms with Crippen molar-refractivity contribution in [1.29, 1.82) is 0 Å². The minimum absolute atomic E-state index is 0.201. The largest absolute Gasteiger partial charge is 0.366 e. The molecule has 0 radical (unpaired) electrons. The van der Waals surface area contributed by atoms with Crippen LogP contribution in [0.3, 0.4) is 0 Å². The van der Waals surface area contributed by atoms with Crippen molar-refractivity contribution in [2.45, 2.75) is 18.9 Å². The van der Waals surface area contributed by atoms with Crippen LogP contribution in [0.1, 0.15) is 23.3 Å². The molecule has 1 fully saturated rings. The van der Waals surface area contributed by atoms with Gasteiger partial charge in [-0.3, -0.25) is 4.79 Å². The summed E-state index contributed by atoms with van der Waals surface area (Å²) in [5, 5.41) is 6.59. The zero-order valence-electron chi connectivity index (χ0n) is 10.9. The van der Waals surface area contributed by atoms with Crippen molar-refractivity contribution in [1.82, 2.24) is 9.97 Å². The summed E-state index contributed by atoms with van der Waals surface area (Å²) in [4.78, 5) is 20.4. The van der Waals surface area contributed by atoms with Gasteiger partial charge in [0.25, 0.3) is 5.91 Å². The van der Waals surface area contributed by atoms with Gasteiger partial charge < -0.3 is 10.6 Å². The number of benzene rings is 1. The first-order chi connectivity index (χ1) is 10.1. The molecule has 108 valence electrons. The summed E-state index contributed by atoms with van der Waals surface area (Å²) in [6, 6.07) is 5.49. The number of hydrogen-bond donors (Lipinski definition) is 2. The highest BCUT2D eigenvalue weighted by Gasteiger charge is 2.21. The fraction of sp³-hybridized carbons (Fsp3) is 0.214. The molecule has 0 unspecified atom stereocenters. The van der Waals surface area contributed by atoms with E-state index in [0.29, 0.717) is 27.6 Å². The number of aromatic nitrogens is 2. The number of nitrogens with zero attached hydrogens (tertiary/aromatic N) is 2. The van der Waals surface area contributed by atoms with Crippen molar-refractivity contribution in [2.24, 2.45) is 0 Å². The van der Waals surface area contributed by atoms with Gasteiger partial charge in [-0.05, 0) is 25.0 Å². The Morgan fingerprint density at radius 1 is 1.14 bits per heavy atom. The lowest BCUT2D eigenvalue weighted by molar-refractivity contribution is 0.102. The molecule has 1 aliphatic rings. The third-order valence-corrected chi connectivity index (χ3v) is 3.65. The first kappa shape index (κ1) is 14.1. The maximum Gasteiger partial charge on any atom is 0.275 e. The van der Waals surface area contributed by atoms with Gasteiger partial charge in [0.05, 0.1) is 28.1 Å². The maximum absolute atomic E-state index is 12.1. The Bertz CT molecular complexity index is 651. The summed E-state index contributed by atoms with van der Waals surface area (Å²) in [6.07, 6.45) is 5.26. The maximum atomic E-state index is 12.1. The summed E-state index contributed by atoms with van der Waals surface area (Å²) in [5.41, 5.74) is 0.570. The van der Waals surface area contributed by atoms with Crippen molar-refractivity contribution < 1.29 is 4.79 Å². The summed E-state index contributed by atoms with van der Waals surface area (Å²) in [5.74, 6) is 0.264. The van der Waals surface area contributed by atoms with Crippen LogP contribution < -0.4 is 10.6 Å². The summed E-state index contributed by atoms with van der Waals surface area (Å²) >= 11 is 12.0. The molecule has 2 N–H and O–H groups in total. The van der Waals surface area contributed by atoms with Gasteiger partial charge in [0.15, 0.2) is 0 Å². The Morgan fingerprint density at radius 3 is 2.43 bits per heavy atom. The first-order valence-corrected chi connectivity index (χ1v) is 7.23. The van der Waals surface area contributed by atoms with E-state index in [1.165, 1.54) is 6.20 Å². The second-order valence-corrected chi connectivity index (χ2v) is 5.57. The van der Waals surface area contributed by atoms with E-state index < -0.39 is 5.91 Å². The van der Waals surface area contributed by atoms with Gasteiger partial charge >= 0.3 is 0 Å². The smallest absolute Gasteiger partial charge is 0.275 e. The predicted molar refractivity (Wildman–Crippen MR) is 83.1 cm³/mol. The summed E-state index contributed by atoms with van der Waals surface area (Å²) in [7, 11) is 0. The lowest BCUT2D eigenvalue weighted by Gasteiger charge is -2.09. The number of amides is 1. The number of halogens is 2. The minimum Gasteiger partial charge on any atom is -0.366 e. The molecule has 5 nitrogen and oxygen atoms in total. The quantitative estimate of drug-likeness (QED) is 0.902. The van der Waals surface area contributed by atoms with E-state index in [0.717, 1.165) is 12.8 Å². The van der Waals surface area contributed by atoms with Gasteiger partial charge in [-0.15, -0.1) is 0 Å². The van der Waals surface area contributed by atoms with Crippen LogP contribution in [0.4, 0.5) is 11.5 Å². The van der Waals surface area contributed by atoms with Crippen molar-refractivity contribution in [3.63, 3.8) is 0 Å². The highest BCUT2D eigenvalue weighted by molar-refractivity contribution is 6.39. The standard InChI is InChI=1S/C14H12Cl2N4O/c15-9-2-1-3-10(16)13(9)20-14(21)11-6-18-12(7-17-11)19-8-4-5-8/h1-3,6-8H,4-5H2,(H,18,19)(H,20,21). The predicted octanol–water partition coefficient (Wildman–Crippen LogP) is 3.61. The number of rotatable bonds is 4. The lowest BCUT2D eigenvalue weighted by Crippen LogP contribution is -2.15. The topological polar surface area (TPSA) is 66.9 Å². The van der Waals surface area contributed by atoms with Crippen LogP contribution in [-0.2, 0) is 0 Å². The molecule has 21 heavy (non-hydrogen) atoms. The molecule has 1 amide bonds. The zero-order valence-corrected chi connectivity index (χ0v) is 12.4. The zero-order chi connectivity index (χ0) is 14.8. The molecule has 1 saturated carbocycles. The van der Waals surface area contributed by atoms with Crippen LogP contribution in [0.5, 0.6) is 0 Å². The van der Waals surface area contributed by atoms with Crippen molar-refractivity contribution >= 4 is 40.6 Å². The lowest BCUT2D eigenvalue weighted by atomic mass is 10.3. The Morgan fingerprint density at radius 2 is 1.86 bits per heavy atom. The number of anilines is 2. The Labute approximate surface area is 131 Å². The molecule has 1 aromatic carbocycles. The first-order valence-electron chi connectivity index (χ1n) is 6.47. The molecule has 0 saturated heterocycles. The fourth-order valence-corrected chi connectivity index (χ4v) is 2.24. The molecule has 2 aromatic rings. The molecular formula is C14H12Cl2N4O. The Kier molecular flexibility index (Phi) is 3.94. The molecule has 0 atom stereocenters. The Balaban J connectivity index is 1.72. The number of para-hydroxylation sites is 1. The second kappa shape index (κ2) is 5.87. The van der Waals surface area contributed by atoms with Crippen LogP contribution in [-0.4, -0.2) is 21.9 Å². The number of carbonyl (C=O) groups is 1. The van der Waals surface area contributed by atoms with Crippen LogP contribution in [0.15, 0.2) is 30.6 Å². The third kappa shape index (κ3) is 3.43. The molecule has 7 heteroatoms. The molecule has 1 aromatic heterocycles. The number of hydrogen-bond acceptors (Lipinski definition) is 4. The van der Waals surface area contributed by atoms with Gasteiger partial charge in [0, 0.05) is 6.04 Å². The SMILES string of the molecule is O=C(Nc1c(Cl)cccc1Cl)c1cnc(NC2CC2)cn1. The normalized spacial score (nSPS) is 13.8. The fourth-order valence-electron chi connectivity index (χ4n) is 1.75. The monoisotopic (exact) mass is 322 g/mol. The van der Waals surface area contributed by atoms with Gasteiger partial charge in [0.2, 0.25) is 0 Å². The highest BCUT2D eigenvalue weighted by Crippen LogP contribution is 2.30. The van der Waals surface area contributed by atoms with Crippen LogP contribution >= 0.6 is 23.2 Å². The van der Waals surface area contributed by atoms with E-state index in [1.54, 1.807) is 24.4 Å². The van der Waals surface area contributed by atoms with Gasteiger partial charge in [-0.2, -0.15) is 0 Å². The third-order valence-electron chi connectivity index (χ3n) is 3.02. The van der Waals surface area contributed by atoms with E-state index in [1.807, 2.05) is 0 Å². The van der Waals surface area contributed by atoms with Gasteiger partial charge in [-0.1, -0.05) is 29.3 Å². The molecular weight excluding hydrogens is 311 g/mol. The molecule has 0 bridgehead atoms. The van der Waals surface area contributed by atoms with Crippen molar-refractivity contribution in [3.05, 3.63) is 46.3 Å². The van der Waals surface area contributed by atoms with Crippen LogP contribution in [0.25, 0.3) is 0 Å². The van der Waals surface area contributed by atoms with E-state index in [-0.39, 0.29) is 5.69 Å². The molecule has 1 aliphatic carbocycles. The number of nitrogens with one attached hydrogen (secondary N) is 2. The summed E-state index contributed by atoms with van der Waals surface area (Å²) in [6.45, 7) is 0. The van der Waals surface area contributed by atoms with Crippen molar-refractivity contribution in [3.8, 4) is 0 Å². The molecule has 1 heterocycles. The molecule has 0 aliphatic heterocycles. The highest BCUT2D eigenvalue weighted by atomic mass is 35.5. The number of carbonyl (C=O) groups excluding carboxylic acids is 1.